The third kappa shape index (κ3) is 4.49. The van der Waals surface area contributed by atoms with Crippen LogP contribution >= 0.6 is 22.7 Å². The van der Waals surface area contributed by atoms with E-state index in [0.29, 0.717) is 29.3 Å². The molecule has 0 atom stereocenters. The van der Waals surface area contributed by atoms with Crippen LogP contribution in [-0.2, 0) is 11.2 Å². The van der Waals surface area contributed by atoms with E-state index in [-0.39, 0.29) is 12.3 Å². The topological polar surface area (TPSA) is 93.8 Å². The van der Waals surface area contributed by atoms with Crippen molar-refractivity contribution in [3.8, 4) is 11.5 Å². The fraction of sp³-hybridized carbons (Fsp3) is 0.438. The summed E-state index contributed by atoms with van der Waals surface area (Å²) in [5.41, 5.74) is 0.899. The van der Waals surface area contributed by atoms with E-state index in [0.717, 1.165) is 23.4 Å². The van der Waals surface area contributed by atoms with E-state index >= 15 is 0 Å². The number of aryl methyl sites for hydroxylation is 1. The van der Waals surface area contributed by atoms with Crippen LogP contribution in [0.25, 0.3) is 11.5 Å². The molecule has 0 saturated carbocycles. The van der Waals surface area contributed by atoms with Crippen LogP contribution in [0.15, 0.2) is 21.2 Å². The molecule has 0 fully saturated rings. The summed E-state index contributed by atoms with van der Waals surface area (Å²) in [6.45, 7) is 4.26. The van der Waals surface area contributed by atoms with E-state index in [2.05, 4.69) is 39.6 Å². The largest absolute Gasteiger partial charge is 0.421 e. The minimum atomic E-state index is -0.137. The van der Waals surface area contributed by atoms with Crippen LogP contribution < -0.4 is 5.32 Å². The SMILES string of the molecule is CCC(CC)c1nnc(NC(=O)CCc2nnc(-c3ccsc3)o2)s1. The van der Waals surface area contributed by atoms with Crippen molar-refractivity contribution in [2.45, 2.75) is 45.4 Å². The third-order valence-electron chi connectivity index (χ3n) is 3.82. The first kappa shape index (κ1) is 17.7. The number of anilines is 1. The van der Waals surface area contributed by atoms with Crippen LogP contribution in [0.3, 0.4) is 0 Å². The van der Waals surface area contributed by atoms with Crippen molar-refractivity contribution < 1.29 is 9.21 Å². The van der Waals surface area contributed by atoms with Gasteiger partial charge >= 0.3 is 0 Å². The summed E-state index contributed by atoms with van der Waals surface area (Å²) < 4.78 is 5.57. The molecule has 0 aliphatic carbocycles. The van der Waals surface area contributed by atoms with E-state index in [4.69, 9.17) is 4.42 Å². The number of nitrogens with one attached hydrogen (secondary N) is 1. The average molecular weight is 377 g/mol. The van der Waals surface area contributed by atoms with Gasteiger partial charge in [-0.1, -0.05) is 25.2 Å². The maximum atomic E-state index is 12.1. The number of hydrogen-bond acceptors (Lipinski definition) is 8. The molecule has 3 heterocycles. The van der Waals surface area contributed by atoms with Gasteiger partial charge in [-0.05, 0) is 24.3 Å². The van der Waals surface area contributed by atoms with Gasteiger partial charge in [-0.3, -0.25) is 4.79 Å². The van der Waals surface area contributed by atoms with Gasteiger partial charge in [0.15, 0.2) is 0 Å². The van der Waals surface area contributed by atoms with Gasteiger partial charge in [0.25, 0.3) is 0 Å². The first-order valence-electron chi connectivity index (χ1n) is 8.17. The average Bonchev–Trinajstić information content (AvgIpc) is 3.35. The summed E-state index contributed by atoms with van der Waals surface area (Å²) in [6, 6.07) is 1.92. The lowest BCUT2D eigenvalue weighted by molar-refractivity contribution is -0.116. The first-order chi connectivity index (χ1) is 12.2. The van der Waals surface area contributed by atoms with Crippen LogP contribution in [0.1, 0.15) is 49.9 Å². The maximum Gasteiger partial charge on any atom is 0.248 e. The Morgan fingerprint density at radius 3 is 2.80 bits per heavy atom. The predicted molar refractivity (Wildman–Crippen MR) is 97.8 cm³/mol. The first-order valence-corrected chi connectivity index (χ1v) is 9.93. The molecule has 0 unspecified atom stereocenters. The van der Waals surface area contributed by atoms with Crippen molar-refractivity contribution in [3.05, 3.63) is 27.7 Å². The number of thiophene rings is 1. The van der Waals surface area contributed by atoms with Crippen LogP contribution in [0, 0.1) is 0 Å². The summed E-state index contributed by atoms with van der Waals surface area (Å²) in [5.74, 6) is 1.20. The number of aromatic nitrogens is 4. The van der Waals surface area contributed by atoms with E-state index in [1.165, 1.54) is 11.3 Å². The Morgan fingerprint density at radius 2 is 2.08 bits per heavy atom. The molecule has 0 aliphatic heterocycles. The van der Waals surface area contributed by atoms with E-state index in [9.17, 15) is 4.79 Å². The Kier molecular flexibility index (Phi) is 5.87. The zero-order chi connectivity index (χ0) is 17.6. The molecule has 0 bridgehead atoms. The van der Waals surface area contributed by atoms with Crippen molar-refractivity contribution in [1.29, 1.82) is 0 Å². The summed E-state index contributed by atoms with van der Waals surface area (Å²) >= 11 is 3.00. The molecule has 132 valence electrons. The molecular formula is C16H19N5O2S2. The smallest absolute Gasteiger partial charge is 0.248 e. The van der Waals surface area contributed by atoms with Crippen LogP contribution in [0.4, 0.5) is 5.13 Å². The minimum absolute atomic E-state index is 0.137. The van der Waals surface area contributed by atoms with Gasteiger partial charge in [-0.2, -0.15) is 11.3 Å². The Hall–Kier alpha value is -2.13. The van der Waals surface area contributed by atoms with Gasteiger partial charge in [0.05, 0.1) is 0 Å². The second-order valence-corrected chi connectivity index (χ2v) is 7.31. The molecule has 3 aromatic rings. The highest BCUT2D eigenvalue weighted by molar-refractivity contribution is 7.15. The van der Waals surface area contributed by atoms with Gasteiger partial charge in [0.2, 0.25) is 22.8 Å². The number of amides is 1. The van der Waals surface area contributed by atoms with Crippen molar-refractivity contribution in [2.75, 3.05) is 5.32 Å². The number of carbonyl (C=O) groups is 1. The lowest BCUT2D eigenvalue weighted by atomic mass is 10.1. The van der Waals surface area contributed by atoms with Gasteiger partial charge in [0.1, 0.15) is 5.01 Å². The van der Waals surface area contributed by atoms with Crippen LogP contribution in [-0.4, -0.2) is 26.3 Å². The second kappa shape index (κ2) is 8.30. The van der Waals surface area contributed by atoms with Crippen molar-refractivity contribution in [1.82, 2.24) is 20.4 Å². The molecule has 25 heavy (non-hydrogen) atoms. The van der Waals surface area contributed by atoms with Gasteiger partial charge in [-0.25, -0.2) is 0 Å². The molecule has 7 nitrogen and oxygen atoms in total. The fourth-order valence-electron chi connectivity index (χ4n) is 2.35. The number of rotatable bonds is 8. The number of hydrogen-bond donors (Lipinski definition) is 1. The Morgan fingerprint density at radius 1 is 1.24 bits per heavy atom. The van der Waals surface area contributed by atoms with Gasteiger partial charge in [-0.15, -0.1) is 20.4 Å². The molecule has 0 spiro atoms. The summed E-state index contributed by atoms with van der Waals surface area (Å²) in [5, 5.41) is 24.4. The van der Waals surface area contributed by atoms with Gasteiger partial charge < -0.3 is 9.73 Å². The summed E-state index contributed by atoms with van der Waals surface area (Å²) in [7, 11) is 0. The molecule has 9 heteroatoms. The molecule has 1 N–H and O–H groups in total. The highest BCUT2D eigenvalue weighted by atomic mass is 32.1. The van der Waals surface area contributed by atoms with Crippen molar-refractivity contribution in [3.63, 3.8) is 0 Å². The minimum Gasteiger partial charge on any atom is -0.421 e. The highest BCUT2D eigenvalue weighted by Gasteiger charge is 2.15. The normalized spacial score (nSPS) is 11.2. The Bertz CT molecular complexity index is 808. The predicted octanol–water partition coefficient (Wildman–Crippen LogP) is 4.12. The molecule has 1 amide bonds. The Labute approximate surface area is 153 Å². The zero-order valence-electron chi connectivity index (χ0n) is 14.1. The number of nitrogens with zero attached hydrogens (tertiary/aromatic N) is 4. The number of carbonyl (C=O) groups excluding carboxylic acids is 1. The molecule has 3 rings (SSSR count). The summed E-state index contributed by atoms with van der Waals surface area (Å²) in [4.78, 5) is 12.1. The quantitative estimate of drug-likeness (QED) is 0.634. The molecule has 0 aliphatic rings. The summed E-state index contributed by atoms with van der Waals surface area (Å²) in [6.07, 6.45) is 2.68. The van der Waals surface area contributed by atoms with Gasteiger partial charge in [0, 0.05) is 29.7 Å². The fourth-order valence-corrected chi connectivity index (χ4v) is 4.00. The third-order valence-corrected chi connectivity index (χ3v) is 5.51. The zero-order valence-corrected chi connectivity index (χ0v) is 15.7. The molecule has 0 saturated heterocycles. The molecular weight excluding hydrogens is 358 g/mol. The highest BCUT2D eigenvalue weighted by Crippen LogP contribution is 2.28. The lowest BCUT2D eigenvalue weighted by Crippen LogP contribution is -2.12. The Balaban J connectivity index is 1.51. The monoisotopic (exact) mass is 377 g/mol. The molecule has 0 aromatic carbocycles. The van der Waals surface area contributed by atoms with Crippen LogP contribution in [0.5, 0.6) is 0 Å². The maximum absolute atomic E-state index is 12.1. The molecule has 0 radical (unpaired) electrons. The van der Waals surface area contributed by atoms with Crippen molar-refractivity contribution >= 4 is 33.7 Å². The van der Waals surface area contributed by atoms with Crippen LogP contribution in [0.2, 0.25) is 0 Å². The van der Waals surface area contributed by atoms with E-state index in [1.807, 2.05) is 16.8 Å². The lowest BCUT2D eigenvalue weighted by Gasteiger charge is -2.05. The standard InChI is InChI=1S/C16H19N5O2S2/c1-3-10(4-2)15-20-21-16(25-15)17-12(22)5-6-13-18-19-14(23-13)11-7-8-24-9-11/h7-10H,3-6H2,1-2H3,(H,17,21,22). The van der Waals surface area contributed by atoms with E-state index < -0.39 is 0 Å². The van der Waals surface area contributed by atoms with Crippen molar-refractivity contribution in [2.24, 2.45) is 0 Å². The van der Waals surface area contributed by atoms with E-state index in [1.54, 1.807) is 11.3 Å². The molecule has 3 aromatic heterocycles. The second-order valence-electron chi connectivity index (χ2n) is 5.52.